The topological polar surface area (TPSA) is 89.2 Å². The van der Waals surface area contributed by atoms with E-state index in [0.29, 0.717) is 0 Å². The molecule has 0 radical (unpaired) electrons. The monoisotopic (exact) mass is 376 g/mol. The lowest BCUT2D eigenvalue weighted by Gasteiger charge is -2.18. The smallest absolute Gasteiger partial charge is 0.570 e. The van der Waals surface area contributed by atoms with Crippen molar-refractivity contribution in [2.24, 2.45) is 5.11 Å². The number of nitrogens with zero attached hydrogens (tertiary/aromatic N) is 3. The first-order valence-corrected chi connectivity index (χ1v) is 7.73. The summed E-state index contributed by atoms with van der Waals surface area (Å²) in [7, 11) is 0. The zero-order valence-electron chi connectivity index (χ0n) is 14.4. The first-order valence-electron chi connectivity index (χ1n) is 7.73. The van der Waals surface area contributed by atoms with Crippen molar-refractivity contribution < 1.29 is 32.5 Å². The fourth-order valence-electron chi connectivity index (χ4n) is 2.27. The number of amides is 1. The maximum absolute atomic E-state index is 12.3. The molecule has 1 N–H and O–H groups in total. The Labute approximate surface area is 147 Å². The standard InChI is InChI=1S/C15H19F3N4O4/c1-14(2,3)19-22(24)20-26-12-7-8-21(13(12)23)10-5-4-6-11(9-10)25-15(16,17)18/h4-6,9,12H,7-8H2,1-3H3,(H,19,20)/t12-/m1/s1. The number of carbonyl (C=O) groups excluding carboxylic acids is 1. The number of ether oxygens (including phenoxy) is 1. The molecule has 0 bridgehead atoms. The van der Waals surface area contributed by atoms with Crippen LogP contribution < -0.4 is 15.2 Å². The largest absolute Gasteiger partial charge is 0.573 e. The minimum atomic E-state index is -4.82. The highest BCUT2D eigenvalue weighted by Gasteiger charge is 2.36. The summed E-state index contributed by atoms with van der Waals surface area (Å²) in [5.41, 5.74) is 1.62. The lowest BCUT2D eigenvalue weighted by Crippen LogP contribution is -2.36. The van der Waals surface area contributed by atoms with E-state index in [1.165, 1.54) is 17.0 Å². The molecule has 1 heterocycles. The molecule has 0 unspecified atom stereocenters. The number of hydrogen-bond donors (Lipinski definition) is 1. The molecule has 2 rings (SSSR count). The maximum atomic E-state index is 12.3. The lowest BCUT2D eigenvalue weighted by molar-refractivity contribution is -0.651. The number of benzene rings is 1. The number of halogens is 3. The Hall–Kier alpha value is -2.56. The first kappa shape index (κ1) is 19.8. The van der Waals surface area contributed by atoms with Gasteiger partial charge >= 0.3 is 6.36 Å². The van der Waals surface area contributed by atoms with Crippen LogP contribution in [0.5, 0.6) is 5.75 Å². The van der Waals surface area contributed by atoms with Gasteiger partial charge in [0, 0.05) is 29.8 Å². The summed E-state index contributed by atoms with van der Waals surface area (Å²) in [5, 5.41) is 15.2. The molecule has 1 saturated heterocycles. The van der Waals surface area contributed by atoms with Crippen LogP contribution in [0, 0.1) is 5.21 Å². The van der Waals surface area contributed by atoms with E-state index in [-0.39, 0.29) is 23.6 Å². The van der Waals surface area contributed by atoms with Gasteiger partial charge in [0.05, 0.1) is 4.97 Å². The highest BCUT2D eigenvalue weighted by Crippen LogP contribution is 2.29. The van der Waals surface area contributed by atoms with Gasteiger partial charge in [0.2, 0.25) is 0 Å². The van der Waals surface area contributed by atoms with Crippen LogP contribution in [0.1, 0.15) is 27.2 Å². The normalized spacial score (nSPS) is 19.0. The molecule has 1 aliphatic rings. The average Bonchev–Trinajstić information content (AvgIpc) is 2.83. The zero-order valence-corrected chi connectivity index (χ0v) is 14.4. The van der Waals surface area contributed by atoms with Crippen molar-refractivity contribution in [1.29, 1.82) is 0 Å². The second-order valence-electron chi connectivity index (χ2n) is 6.57. The van der Waals surface area contributed by atoms with Crippen molar-refractivity contribution in [2.45, 2.75) is 45.2 Å². The molecule has 1 amide bonds. The van der Waals surface area contributed by atoms with Crippen molar-refractivity contribution in [3.63, 3.8) is 0 Å². The summed E-state index contributed by atoms with van der Waals surface area (Å²) in [4.78, 5) is 18.8. The van der Waals surface area contributed by atoms with E-state index in [2.05, 4.69) is 9.85 Å². The van der Waals surface area contributed by atoms with E-state index in [0.717, 1.165) is 12.1 Å². The van der Waals surface area contributed by atoms with Gasteiger partial charge in [0.15, 0.2) is 6.10 Å². The Bertz CT molecular complexity index is 688. The number of carbonyl (C=O) groups is 1. The minimum Gasteiger partial charge on any atom is -0.570 e. The molecule has 0 aromatic heterocycles. The van der Waals surface area contributed by atoms with Gasteiger partial charge in [-0.05, 0) is 38.5 Å². The van der Waals surface area contributed by atoms with Crippen LogP contribution in [-0.2, 0) is 9.63 Å². The Balaban J connectivity index is 2.01. The summed E-state index contributed by atoms with van der Waals surface area (Å²) in [6.45, 7) is 5.34. The van der Waals surface area contributed by atoms with Gasteiger partial charge in [-0.3, -0.25) is 4.79 Å². The van der Waals surface area contributed by atoms with Gasteiger partial charge in [0.1, 0.15) is 11.3 Å². The van der Waals surface area contributed by atoms with Crippen LogP contribution in [0.2, 0.25) is 0 Å². The molecule has 8 nitrogen and oxygen atoms in total. The third kappa shape index (κ3) is 5.76. The van der Waals surface area contributed by atoms with E-state index < -0.39 is 29.7 Å². The summed E-state index contributed by atoms with van der Waals surface area (Å²) < 4.78 is 40.8. The predicted octanol–water partition coefficient (Wildman–Crippen LogP) is 2.89. The fraction of sp³-hybridized carbons (Fsp3) is 0.533. The molecule has 1 aromatic rings. The van der Waals surface area contributed by atoms with Crippen molar-refractivity contribution in [2.75, 3.05) is 11.4 Å². The summed E-state index contributed by atoms with van der Waals surface area (Å²) in [5.74, 6) is -0.925. The second-order valence-corrected chi connectivity index (χ2v) is 6.57. The van der Waals surface area contributed by atoms with Crippen LogP contribution in [0.15, 0.2) is 29.4 Å². The molecular formula is C15H19F3N4O4. The molecule has 1 aliphatic heterocycles. The van der Waals surface area contributed by atoms with Crippen molar-refractivity contribution in [3.8, 4) is 5.75 Å². The van der Waals surface area contributed by atoms with Gasteiger partial charge in [-0.2, -0.15) is 0 Å². The second kappa shape index (κ2) is 7.36. The number of hydrazine groups is 1. The molecule has 1 atom stereocenters. The minimum absolute atomic E-state index is 0.119. The Morgan fingerprint density at radius 3 is 2.65 bits per heavy atom. The Morgan fingerprint density at radius 2 is 2.04 bits per heavy atom. The van der Waals surface area contributed by atoms with Crippen molar-refractivity contribution in [3.05, 3.63) is 29.5 Å². The fourth-order valence-corrected chi connectivity index (χ4v) is 2.27. The van der Waals surface area contributed by atoms with Gasteiger partial charge in [-0.1, -0.05) is 6.07 Å². The number of rotatable bonds is 5. The third-order valence-electron chi connectivity index (χ3n) is 3.18. The average molecular weight is 376 g/mol. The van der Waals surface area contributed by atoms with Crippen LogP contribution in [0.4, 0.5) is 18.9 Å². The molecule has 11 heteroatoms. The van der Waals surface area contributed by atoms with Crippen LogP contribution >= 0.6 is 0 Å². The van der Waals surface area contributed by atoms with Crippen molar-refractivity contribution >= 4 is 11.6 Å². The molecule has 26 heavy (non-hydrogen) atoms. The SMILES string of the molecule is CC(C)(C)N=[N+]([O-])NO[C@@H]1CCN(c2cccc(OC(F)(F)F)c2)C1=O. The van der Waals surface area contributed by atoms with E-state index in [4.69, 9.17) is 4.84 Å². The van der Waals surface area contributed by atoms with Gasteiger partial charge < -0.3 is 14.8 Å². The molecular weight excluding hydrogens is 357 g/mol. The zero-order chi connectivity index (χ0) is 19.5. The molecule has 0 saturated carbocycles. The van der Waals surface area contributed by atoms with Crippen molar-refractivity contribution in [1.82, 2.24) is 5.59 Å². The van der Waals surface area contributed by atoms with E-state index in [1.54, 1.807) is 20.8 Å². The molecule has 0 spiro atoms. The Morgan fingerprint density at radius 1 is 1.35 bits per heavy atom. The predicted molar refractivity (Wildman–Crippen MR) is 83.9 cm³/mol. The number of alkyl halides is 3. The number of anilines is 1. The van der Waals surface area contributed by atoms with E-state index in [1.807, 2.05) is 5.59 Å². The summed E-state index contributed by atoms with van der Waals surface area (Å²) >= 11 is 0. The molecule has 144 valence electrons. The Kier molecular flexibility index (Phi) is 5.59. The first-order chi connectivity index (χ1) is 11.9. The van der Waals surface area contributed by atoms with E-state index >= 15 is 0 Å². The van der Waals surface area contributed by atoms with Gasteiger partial charge in [-0.15, -0.1) is 13.2 Å². The van der Waals surface area contributed by atoms with Gasteiger partial charge in [-0.25, -0.2) is 4.84 Å². The summed E-state index contributed by atoms with van der Waals surface area (Å²) in [6.07, 6.45) is -5.54. The summed E-state index contributed by atoms with van der Waals surface area (Å²) in [6, 6.07) is 5.07. The molecule has 1 fully saturated rings. The lowest BCUT2D eigenvalue weighted by atomic mass is 10.1. The highest BCUT2D eigenvalue weighted by molar-refractivity contribution is 5.98. The van der Waals surface area contributed by atoms with Crippen LogP contribution in [0.25, 0.3) is 0 Å². The highest BCUT2D eigenvalue weighted by atomic mass is 19.4. The molecule has 1 aromatic carbocycles. The number of hydrogen-bond acceptors (Lipinski definition) is 5. The number of nitrogens with one attached hydrogen (secondary N) is 1. The maximum Gasteiger partial charge on any atom is 0.573 e. The van der Waals surface area contributed by atoms with Gasteiger partial charge in [0.25, 0.3) is 5.91 Å². The van der Waals surface area contributed by atoms with Crippen LogP contribution in [0.3, 0.4) is 0 Å². The van der Waals surface area contributed by atoms with Crippen LogP contribution in [-0.4, -0.2) is 35.4 Å². The van der Waals surface area contributed by atoms with E-state index in [9.17, 15) is 23.2 Å². The quantitative estimate of drug-likeness (QED) is 0.485. The third-order valence-corrected chi connectivity index (χ3v) is 3.18. The molecule has 0 aliphatic carbocycles.